The van der Waals surface area contributed by atoms with E-state index in [1.165, 1.54) is 11.3 Å². The molecule has 0 saturated heterocycles. The SMILES string of the molecule is COc1ccccc1N/C=C(/C#N)c1nc(-c2cc3cc(Br)ccc3oc2=O)cs1. The molecule has 0 aliphatic rings. The van der Waals surface area contributed by atoms with Crippen molar-refractivity contribution in [2.75, 3.05) is 12.4 Å². The molecule has 148 valence electrons. The first-order chi connectivity index (χ1) is 14.6. The third-order valence-electron chi connectivity index (χ3n) is 4.30. The van der Waals surface area contributed by atoms with Crippen LogP contribution >= 0.6 is 27.3 Å². The molecule has 4 aromatic rings. The van der Waals surface area contributed by atoms with Gasteiger partial charge in [-0.15, -0.1) is 11.3 Å². The Kier molecular flexibility index (Phi) is 5.65. The van der Waals surface area contributed by atoms with Gasteiger partial charge in [0.05, 0.1) is 24.1 Å². The highest BCUT2D eigenvalue weighted by atomic mass is 79.9. The van der Waals surface area contributed by atoms with Gasteiger partial charge in [-0.25, -0.2) is 9.78 Å². The number of para-hydroxylation sites is 2. The van der Waals surface area contributed by atoms with E-state index >= 15 is 0 Å². The molecule has 2 aromatic carbocycles. The maximum absolute atomic E-state index is 12.4. The summed E-state index contributed by atoms with van der Waals surface area (Å²) in [5.41, 5.74) is 1.90. The van der Waals surface area contributed by atoms with Crippen LogP contribution in [0.25, 0.3) is 27.8 Å². The Labute approximate surface area is 184 Å². The first kappa shape index (κ1) is 19.9. The summed E-state index contributed by atoms with van der Waals surface area (Å²) in [6.07, 6.45) is 1.57. The molecular formula is C22H14BrN3O3S. The molecule has 6 nitrogen and oxygen atoms in total. The molecule has 0 fully saturated rings. The predicted molar refractivity (Wildman–Crippen MR) is 121 cm³/mol. The molecular weight excluding hydrogens is 466 g/mol. The lowest BCUT2D eigenvalue weighted by Crippen LogP contribution is -2.03. The van der Waals surface area contributed by atoms with Gasteiger partial charge >= 0.3 is 5.63 Å². The van der Waals surface area contributed by atoms with Gasteiger partial charge in [-0.1, -0.05) is 28.1 Å². The van der Waals surface area contributed by atoms with Gasteiger partial charge in [0.2, 0.25) is 0 Å². The van der Waals surface area contributed by atoms with Crippen molar-refractivity contribution in [1.29, 1.82) is 5.26 Å². The van der Waals surface area contributed by atoms with Gasteiger partial charge in [0.1, 0.15) is 28.0 Å². The molecule has 0 spiro atoms. The highest BCUT2D eigenvalue weighted by Gasteiger charge is 2.14. The summed E-state index contributed by atoms with van der Waals surface area (Å²) in [7, 11) is 1.58. The zero-order valence-corrected chi connectivity index (χ0v) is 18.1. The third-order valence-corrected chi connectivity index (χ3v) is 5.67. The second-order valence-corrected chi connectivity index (χ2v) is 7.96. The van der Waals surface area contributed by atoms with E-state index in [2.05, 4.69) is 32.3 Å². The van der Waals surface area contributed by atoms with E-state index in [1.807, 2.05) is 36.4 Å². The Morgan fingerprint density at radius 3 is 2.93 bits per heavy atom. The molecule has 8 heteroatoms. The van der Waals surface area contributed by atoms with Crippen LogP contribution in [0.2, 0.25) is 0 Å². The number of thiazole rings is 1. The van der Waals surface area contributed by atoms with Crippen LogP contribution in [0.5, 0.6) is 5.75 Å². The molecule has 2 heterocycles. The first-order valence-electron chi connectivity index (χ1n) is 8.78. The topological polar surface area (TPSA) is 88.2 Å². The first-order valence-corrected chi connectivity index (χ1v) is 10.5. The molecule has 30 heavy (non-hydrogen) atoms. The lowest BCUT2D eigenvalue weighted by Gasteiger charge is -2.07. The normalized spacial score (nSPS) is 11.3. The van der Waals surface area contributed by atoms with E-state index in [-0.39, 0.29) is 0 Å². The molecule has 2 aromatic heterocycles. The molecule has 0 amide bonds. The predicted octanol–water partition coefficient (Wildman–Crippen LogP) is 5.66. The Balaban J connectivity index is 1.67. The van der Waals surface area contributed by atoms with Crippen molar-refractivity contribution in [2.45, 2.75) is 0 Å². The number of nitrogens with zero attached hydrogens (tertiary/aromatic N) is 2. The third kappa shape index (κ3) is 3.99. The van der Waals surface area contributed by atoms with Crippen LogP contribution in [-0.4, -0.2) is 12.1 Å². The summed E-state index contributed by atoms with van der Waals surface area (Å²) < 4.78 is 11.6. The number of nitrogens with one attached hydrogen (secondary N) is 1. The number of hydrogen-bond donors (Lipinski definition) is 1. The van der Waals surface area contributed by atoms with Gasteiger partial charge in [-0.05, 0) is 36.4 Å². The van der Waals surface area contributed by atoms with E-state index in [0.29, 0.717) is 33.2 Å². The largest absolute Gasteiger partial charge is 0.495 e. The van der Waals surface area contributed by atoms with Crippen molar-refractivity contribution >= 4 is 49.5 Å². The van der Waals surface area contributed by atoms with Crippen LogP contribution < -0.4 is 15.7 Å². The van der Waals surface area contributed by atoms with E-state index in [4.69, 9.17) is 9.15 Å². The number of aromatic nitrogens is 1. The smallest absolute Gasteiger partial charge is 0.345 e. The number of nitriles is 1. The van der Waals surface area contributed by atoms with Crippen LogP contribution in [0.1, 0.15) is 5.01 Å². The fraction of sp³-hybridized carbons (Fsp3) is 0.0455. The zero-order valence-electron chi connectivity index (χ0n) is 15.7. The van der Waals surface area contributed by atoms with Gasteiger partial charge in [0.15, 0.2) is 0 Å². The summed E-state index contributed by atoms with van der Waals surface area (Å²) in [6, 6.07) is 16.7. The lowest BCUT2D eigenvalue weighted by atomic mass is 10.1. The Morgan fingerprint density at radius 2 is 2.13 bits per heavy atom. The van der Waals surface area contributed by atoms with Gasteiger partial charge in [0.25, 0.3) is 0 Å². The van der Waals surface area contributed by atoms with Crippen LogP contribution in [-0.2, 0) is 0 Å². The molecule has 0 bridgehead atoms. The van der Waals surface area contributed by atoms with Gasteiger partial charge < -0.3 is 14.5 Å². The Bertz CT molecular complexity index is 1370. The Hall–Kier alpha value is -3.41. The van der Waals surface area contributed by atoms with E-state index < -0.39 is 5.63 Å². The second-order valence-electron chi connectivity index (χ2n) is 6.18. The van der Waals surface area contributed by atoms with E-state index in [0.717, 1.165) is 15.5 Å². The molecule has 0 atom stereocenters. The van der Waals surface area contributed by atoms with Crippen molar-refractivity contribution in [3.63, 3.8) is 0 Å². The van der Waals surface area contributed by atoms with Gasteiger partial charge in [-0.2, -0.15) is 5.26 Å². The maximum Gasteiger partial charge on any atom is 0.345 e. The standard InChI is InChI=1S/C22H14BrN3O3S/c1-28-20-5-3-2-4-17(20)25-11-14(10-24)21-26-18(12-30-21)16-9-13-8-15(23)6-7-19(13)29-22(16)27/h2-9,11-12,25H,1H3/b14-11-. The van der Waals surface area contributed by atoms with Crippen LogP contribution in [0.15, 0.2) is 73.8 Å². The number of benzene rings is 2. The minimum Gasteiger partial charge on any atom is -0.495 e. The summed E-state index contributed by atoms with van der Waals surface area (Å²) in [4.78, 5) is 16.9. The number of allylic oxidation sites excluding steroid dienone is 1. The van der Waals surface area contributed by atoms with Crippen molar-refractivity contribution in [3.8, 4) is 23.1 Å². The van der Waals surface area contributed by atoms with Crippen molar-refractivity contribution in [2.24, 2.45) is 0 Å². The number of anilines is 1. The number of methoxy groups -OCH3 is 1. The molecule has 0 unspecified atom stereocenters. The molecule has 0 aliphatic heterocycles. The lowest BCUT2D eigenvalue weighted by molar-refractivity contribution is 0.417. The molecule has 0 aliphatic carbocycles. The molecule has 4 rings (SSSR count). The Morgan fingerprint density at radius 1 is 1.30 bits per heavy atom. The number of rotatable bonds is 5. The van der Waals surface area contributed by atoms with Gasteiger partial charge in [-0.3, -0.25) is 0 Å². The highest BCUT2D eigenvalue weighted by Crippen LogP contribution is 2.28. The number of halogens is 1. The van der Waals surface area contributed by atoms with Crippen molar-refractivity contribution in [3.05, 3.63) is 80.0 Å². The van der Waals surface area contributed by atoms with Gasteiger partial charge in [0, 0.05) is 21.4 Å². The fourth-order valence-corrected chi connectivity index (χ4v) is 4.01. The summed E-state index contributed by atoms with van der Waals surface area (Å²) in [5.74, 6) is 0.658. The monoisotopic (exact) mass is 479 g/mol. The van der Waals surface area contributed by atoms with E-state index in [9.17, 15) is 10.1 Å². The van der Waals surface area contributed by atoms with Crippen molar-refractivity contribution in [1.82, 2.24) is 4.98 Å². The van der Waals surface area contributed by atoms with E-state index in [1.54, 1.807) is 30.8 Å². The average molecular weight is 480 g/mol. The quantitative estimate of drug-likeness (QED) is 0.293. The average Bonchev–Trinajstić information content (AvgIpc) is 3.24. The number of fused-ring (bicyclic) bond motifs is 1. The summed E-state index contributed by atoms with van der Waals surface area (Å²) in [5, 5.41) is 15.7. The summed E-state index contributed by atoms with van der Waals surface area (Å²) in [6.45, 7) is 0. The molecule has 1 N–H and O–H groups in total. The number of ether oxygens (including phenoxy) is 1. The molecule has 0 radical (unpaired) electrons. The number of hydrogen-bond acceptors (Lipinski definition) is 7. The van der Waals surface area contributed by atoms with Crippen LogP contribution in [0.3, 0.4) is 0 Å². The minimum atomic E-state index is -0.476. The minimum absolute atomic E-state index is 0.338. The van der Waals surface area contributed by atoms with Crippen LogP contribution in [0.4, 0.5) is 5.69 Å². The molecule has 0 saturated carbocycles. The highest BCUT2D eigenvalue weighted by molar-refractivity contribution is 9.10. The zero-order chi connectivity index (χ0) is 21.1. The fourth-order valence-electron chi connectivity index (χ4n) is 2.85. The summed E-state index contributed by atoms with van der Waals surface area (Å²) >= 11 is 4.69. The van der Waals surface area contributed by atoms with Crippen LogP contribution in [0, 0.1) is 11.3 Å². The van der Waals surface area contributed by atoms with Crippen molar-refractivity contribution < 1.29 is 9.15 Å². The second kappa shape index (κ2) is 8.53. The maximum atomic E-state index is 12.4.